The Balaban J connectivity index is 2.18. The Kier molecular flexibility index (Phi) is 7.81. The fourth-order valence-corrected chi connectivity index (χ4v) is 2.16. The first-order valence-electron chi connectivity index (χ1n) is 8.19. The van der Waals surface area contributed by atoms with Gasteiger partial charge in [0.05, 0.1) is 6.61 Å². The van der Waals surface area contributed by atoms with Gasteiger partial charge in [0.25, 0.3) is 5.91 Å². The molecule has 0 fully saturated rings. The maximum absolute atomic E-state index is 12.4. The Morgan fingerprint density at radius 3 is 2.52 bits per heavy atom. The van der Waals surface area contributed by atoms with Crippen LogP contribution in [0.3, 0.4) is 0 Å². The van der Waals surface area contributed by atoms with E-state index in [0.717, 1.165) is 12.0 Å². The third kappa shape index (κ3) is 6.13. The van der Waals surface area contributed by atoms with Crippen molar-refractivity contribution in [1.29, 1.82) is 0 Å². The third-order valence-electron chi connectivity index (χ3n) is 3.41. The second-order valence-corrected chi connectivity index (χ2v) is 5.35. The van der Waals surface area contributed by atoms with E-state index >= 15 is 0 Å². The first-order chi connectivity index (χ1) is 12.2. The van der Waals surface area contributed by atoms with Gasteiger partial charge in [-0.1, -0.05) is 30.3 Å². The fourth-order valence-electron chi connectivity index (χ4n) is 2.16. The first kappa shape index (κ1) is 18.8. The highest BCUT2D eigenvalue weighted by Crippen LogP contribution is 2.17. The number of hydrogen-bond acceptors (Lipinski definition) is 6. The molecular weight excluding hydrogens is 320 g/mol. The van der Waals surface area contributed by atoms with Crippen molar-refractivity contribution in [1.82, 2.24) is 15.3 Å². The molecule has 1 heterocycles. The van der Waals surface area contributed by atoms with Crippen molar-refractivity contribution in [2.75, 3.05) is 45.8 Å². The van der Waals surface area contributed by atoms with Crippen LogP contribution in [0.15, 0.2) is 36.4 Å². The molecule has 7 nitrogen and oxygen atoms in total. The van der Waals surface area contributed by atoms with E-state index in [-0.39, 0.29) is 5.91 Å². The van der Waals surface area contributed by atoms with Crippen molar-refractivity contribution in [3.63, 3.8) is 0 Å². The smallest absolute Gasteiger partial charge is 0.270 e. The molecule has 0 aliphatic heterocycles. The van der Waals surface area contributed by atoms with Crippen molar-refractivity contribution >= 4 is 11.7 Å². The lowest BCUT2D eigenvalue weighted by atomic mass is 10.2. The lowest BCUT2D eigenvalue weighted by Crippen LogP contribution is -2.26. The monoisotopic (exact) mass is 344 g/mol. The van der Waals surface area contributed by atoms with Gasteiger partial charge in [0, 0.05) is 45.5 Å². The molecule has 7 heteroatoms. The van der Waals surface area contributed by atoms with Crippen LogP contribution in [0.25, 0.3) is 11.4 Å². The van der Waals surface area contributed by atoms with Crippen molar-refractivity contribution in [2.24, 2.45) is 0 Å². The minimum Gasteiger partial charge on any atom is -0.385 e. The molecule has 0 unspecified atom stereocenters. The van der Waals surface area contributed by atoms with Crippen LogP contribution < -0.4 is 10.6 Å². The van der Waals surface area contributed by atoms with E-state index < -0.39 is 0 Å². The summed E-state index contributed by atoms with van der Waals surface area (Å²) in [5.41, 5.74) is 1.18. The maximum atomic E-state index is 12.4. The van der Waals surface area contributed by atoms with E-state index in [4.69, 9.17) is 9.47 Å². The number of methoxy groups -OCH3 is 2. The molecule has 2 N–H and O–H groups in total. The Bertz CT molecular complexity index is 665. The summed E-state index contributed by atoms with van der Waals surface area (Å²) in [6.45, 7) is 2.27. The Hall–Kier alpha value is -2.51. The minimum absolute atomic E-state index is 0.231. The fraction of sp³-hybridized carbons (Fsp3) is 0.389. The molecular formula is C18H24N4O3. The molecule has 0 atom stereocenters. The number of rotatable bonds is 10. The number of carbonyl (C=O) groups is 1. The summed E-state index contributed by atoms with van der Waals surface area (Å²) in [5.74, 6) is 0.864. The van der Waals surface area contributed by atoms with Gasteiger partial charge in [0.2, 0.25) is 0 Å². The number of aromatic nitrogens is 2. The van der Waals surface area contributed by atoms with E-state index in [0.29, 0.717) is 43.6 Å². The van der Waals surface area contributed by atoms with Crippen LogP contribution in [-0.2, 0) is 9.47 Å². The SMILES string of the molecule is COCCCNC(=O)c1cc(NCCOC)nc(-c2ccccc2)n1. The van der Waals surface area contributed by atoms with Gasteiger partial charge in [-0.15, -0.1) is 0 Å². The van der Waals surface area contributed by atoms with Gasteiger partial charge in [-0.05, 0) is 6.42 Å². The predicted octanol–water partition coefficient (Wildman–Crippen LogP) is 1.97. The van der Waals surface area contributed by atoms with E-state index in [2.05, 4.69) is 20.6 Å². The Morgan fingerprint density at radius 1 is 1.04 bits per heavy atom. The number of nitrogens with one attached hydrogen (secondary N) is 2. The molecule has 1 amide bonds. The van der Waals surface area contributed by atoms with Gasteiger partial charge in [-0.2, -0.15) is 0 Å². The number of anilines is 1. The summed E-state index contributed by atoms with van der Waals surface area (Å²) in [5, 5.41) is 6.00. The highest BCUT2D eigenvalue weighted by Gasteiger charge is 2.12. The lowest BCUT2D eigenvalue weighted by Gasteiger charge is -2.10. The molecule has 0 bridgehead atoms. The van der Waals surface area contributed by atoms with Gasteiger partial charge in [-0.25, -0.2) is 9.97 Å². The van der Waals surface area contributed by atoms with Crippen LogP contribution in [0, 0.1) is 0 Å². The first-order valence-corrected chi connectivity index (χ1v) is 8.19. The van der Waals surface area contributed by atoms with E-state index in [1.54, 1.807) is 20.3 Å². The zero-order valence-electron chi connectivity index (χ0n) is 14.6. The molecule has 2 aromatic rings. The molecule has 0 saturated carbocycles. The highest BCUT2D eigenvalue weighted by atomic mass is 16.5. The van der Waals surface area contributed by atoms with Crippen LogP contribution >= 0.6 is 0 Å². The summed E-state index contributed by atoms with van der Waals surface area (Å²) in [6.07, 6.45) is 0.748. The molecule has 2 rings (SSSR count). The average Bonchev–Trinajstić information content (AvgIpc) is 2.66. The number of amides is 1. The summed E-state index contributed by atoms with van der Waals surface area (Å²) in [7, 11) is 3.27. The lowest BCUT2D eigenvalue weighted by molar-refractivity contribution is 0.0943. The minimum atomic E-state index is -0.231. The standard InChI is InChI=1S/C18H24N4O3/c1-24-11-6-9-20-18(23)15-13-16(19-10-12-25-2)22-17(21-15)14-7-4-3-5-8-14/h3-5,7-8,13H,6,9-12H2,1-2H3,(H,20,23)(H,19,21,22). The van der Waals surface area contributed by atoms with Crippen LogP contribution in [0.1, 0.15) is 16.9 Å². The summed E-state index contributed by atoms with van der Waals surface area (Å²) < 4.78 is 10.0. The maximum Gasteiger partial charge on any atom is 0.270 e. The quantitative estimate of drug-likeness (QED) is 0.641. The van der Waals surface area contributed by atoms with Crippen molar-refractivity contribution in [2.45, 2.75) is 6.42 Å². The van der Waals surface area contributed by atoms with E-state index in [9.17, 15) is 4.79 Å². The normalized spacial score (nSPS) is 10.5. The average molecular weight is 344 g/mol. The molecule has 0 aliphatic carbocycles. The van der Waals surface area contributed by atoms with Gasteiger partial charge in [-0.3, -0.25) is 4.79 Å². The van der Waals surface area contributed by atoms with Gasteiger partial charge in [0.1, 0.15) is 11.5 Å². The summed E-state index contributed by atoms with van der Waals surface area (Å²) in [6, 6.07) is 11.2. The molecule has 1 aromatic carbocycles. The molecule has 134 valence electrons. The molecule has 0 spiro atoms. The predicted molar refractivity (Wildman–Crippen MR) is 96.7 cm³/mol. The van der Waals surface area contributed by atoms with Gasteiger partial charge in [0.15, 0.2) is 5.82 Å². The number of benzene rings is 1. The van der Waals surface area contributed by atoms with Gasteiger partial charge >= 0.3 is 0 Å². The zero-order valence-corrected chi connectivity index (χ0v) is 14.6. The second kappa shape index (κ2) is 10.4. The molecule has 0 aliphatic rings. The van der Waals surface area contributed by atoms with Crippen LogP contribution in [0.2, 0.25) is 0 Å². The van der Waals surface area contributed by atoms with Crippen molar-refractivity contribution < 1.29 is 14.3 Å². The van der Waals surface area contributed by atoms with Gasteiger partial charge < -0.3 is 20.1 Å². The molecule has 0 radical (unpaired) electrons. The van der Waals surface area contributed by atoms with Crippen LogP contribution in [0.5, 0.6) is 0 Å². The van der Waals surface area contributed by atoms with E-state index in [1.165, 1.54) is 0 Å². The van der Waals surface area contributed by atoms with Crippen molar-refractivity contribution in [3.05, 3.63) is 42.1 Å². The van der Waals surface area contributed by atoms with Crippen LogP contribution in [-0.4, -0.2) is 56.4 Å². The topological polar surface area (TPSA) is 85.4 Å². The number of hydrogen-bond donors (Lipinski definition) is 2. The highest BCUT2D eigenvalue weighted by molar-refractivity contribution is 5.93. The molecule has 1 aromatic heterocycles. The van der Waals surface area contributed by atoms with Crippen LogP contribution in [0.4, 0.5) is 5.82 Å². The summed E-state index contributed by atoms with van der Waals surface area (Å²) in [4.78, 5) is 21.3. The Labute approximate surface area is 147 Å². The number of nitrogens with zero attached hydrogens (tertiary/aromatic N) is 2. The largest absolute Gasteiger partial charge is 0.385 e. The number of carbonyl (C=O) groups excluding carboxylic acids is 1. The van der Waals surface area contributed by atoms with Crippen molar-refractivity contribution in [3.8, 4) is 11.4 Å². The zero-order chi connectivity index (χ0) is 17.9. The Morgan fingerprint density at radius 2 is 1.80 bits per heavy atom. The molecule has 25 heavy (non-hydrogen) atoms. The number of ether oxygens (including phenoxy) is 2. The molecule has 0 saturated heterocycles. The van der Waals surface area contributed by atoms with E-state index in [1.807, 2.05) is 30.3 Å². The third-order valence-corrected chi connectivity index (χ3v) is 3.41. The second-order valence-electron chi connectivity index (χ2n) is 5.35. The summed E-state index contributed by atoms with van der Waals surface area (Å²) >= 11 is 0.